The van der Waals surface area contributed by atoms with Gasteiger partial charge in [-0.25, -0.2) is 13.5 Å². The molecule has 0 radical (unpaired) electrons. The zero-order valence-electron chi connectivity index (χ0n) is 9.74. The van der Waals surface area contributed by atoms with E-state index in [4.69, 9.17) is 0 Å². The molecule has 17 heavy (non-hydrogen) atoms. The number of halogens is 2. The minimum absolute atomic E-state index is 0.0698. The van der Waals surface area contributed by atoms with Crippen LogP contribution in [0.3, 0.4) is 0 Å². The quantitative estimate of drug-likeness (QED) is 0.750. The van der Waals surface area contributed by atoms with E-state index in [0.29, 0.717) is 19.4 Å². The van der Waals surface area contributed by atoms with E-state index in [2.05, 4.69) is 10.3 Å². The second-order valence-electron chi connectivity index (χ2n) is 4.33. The molecule has 0 spiro atoms. The van der Waals surface area contributed by atoms with Crippen LogP contribution in [-0.4, -0.2) is 20.9 Å². The Morgan fingerprint density at radius 3 is 2.76 bits per heavy atom. The fourth-order valence-electron chi connectivity index (χ4n) is 1.78. The first kappa shape index (κ1) is 12.0. The minimum Gasteiger partial charge on any atom is -0.245 e. The van der Waals surface area contributed by atoms with Gasteiger partial charge in [0.15, 0.2) is 0 Å². The van der Waals surface area contributed by atoms with E-state index in [1.165, 1.54) is 0 Å². The predicted molar refractivity (Wildman–Crippen MR) is 62.0 cm³/mol. The van der Waals surface area contributed by atoms with Gasteiger partial charge in [-0.15, -0.1) is 5.10 Å². The minimum atomic E-state index is -2.57. The summed E-state index contributed by atoms with van der Waals surface area (Å²) in [5.74, 6) is -2.57. The summed E-state index contributed by atoms with van der Waals surface area (Å²) in [5, 5.41) is 8.02. The van der Waals surface area contributed by atoms with Gasteiger partial charge in [-0.3, -0.25) is 0 Å². The lowest BCUT2D eigenvalue weighted by Gasteiger charge is -2.09. The predicted octanol–water partition coefficient (Wildman–Crippen LogP) is 3.26. The van der Waals surface area contributed by atoms with Gasteiger partial charge >= 0.3 is 0 Å². The molecule has 1 aromatic heterocycles. The Bertz CT molecular complexity index is 488. The van der Waals surface area contributed by atoms with Crippen molar-refractivity contribution < 1.29 is 8.78 Å². The highest BCUT2D eigenvalue weighted by molar-refractivity contribution is 5.73. The normalized spacial score (nSPS) is 12.2. The maximum Gasteiger partial charge on any atom is 0.245 e. The van der Waals surface area contributed by atoms with Crippen molar-refractivity contribution in [2.24, 2.45) is 0 Å². The summed E-state index contributed by atoms with van der Waals surface area (Å²) < 4.78 is 27.0. The molecule has 0 N–H and O–H groups in total. The van der Waals surface area contributed by atoms with E-state index in [9.17, 15) is 8.78 Å². The molecule has 0 fully saturated rings. The Morgan fingerprint density at radius 1 is 1.24 bits per heavy atom. The molecule has 0 atom stereocenters. The number of benzene rings is 1. The number of aryl methyl sites for hydroxylation is 1. The van der Waals surface area contributed by atoms with E-state index in [1.807, 2.05) is 24.3 Å². The molecule has 0 unspecified atom stereocenters. The lowest BCUT2D eigenvalue weighted by molar-refractivity contribution is 0.0102. The highest BCUT2D eigenvalue weighted by Gasteiger charge is 2.19. The number of hydrogen-bond acceptors (Lipinski definition) is 2. The largest absolute Gasteiger partial charge is 0.245 e. The van der Waals surface area contributed by atoms with Crippen molar-refractivity contribution in [1.29, 1.82) is 0 Å². The Hall–Kier alpha value is -1.52. The van der Waals surface area contributed by atoms with Crippen molar-refractivity contribution in [3.05, 3.63) is 24.3 Å². The molecule has 2 rings (SSSR count). The van der Waals surface area contributed by atoms with Crippen molar-refractivity contribution in [1.82, 2.24) is 15.0 Å². The van der Waals surface area contributed by atoms with Crippen molar-refractivity contribution in [3.63, 3.8) is 0 Å². The van der Waals surface area contributed by atoms with Gasteiger partial charge in [0, 0.05) is 13.0 Å². The van der Waals surface area contributed by atoms with E-state index >= 15 is 0 Å². The van der Waals surface area contributed by atoms with Crippen molar-refractivity contribution in [3.8, 4) is 0 Å². The Morgan fingerprint density at radius 2 is 2.00 bits per heavy atom. The zero-order chi connectivity index (χ0) is 12.3. The number of nitrogens with zero attached hydrogens (tertiary/aromatic N) is 3. The maximum absolute atomic E-state index is 12.6. The van der Waals surface area contributed by atoms with Crippen LogP contribution < -0.4 is 0 Å². The molecule has 92 valence electrons. The van der Waals surface area contributed by atoms with Crippen LogP contribution in [0.25, 0.3) is 11.0 Å². The Kier molecular flexibility index (Phi) is 3.36. The number of fused-ring (bicyclic) bond motifs is 1. The van der Waals surface area contributed by atoms with Gasteiger partial charge in [0.1, 0.15) is 5.52 Å². The third-order valence-electron chi connectivity index (χ3n) is 2.66. The van der Waals surface area contributed by atoms with Crippen LogP contribution in [0.1, 0.15) is 26.2 Å². The molecule has 2 aromatic rings. The highest BCUT2D eigenvalue weighted by atomic mass is 19.3. The van der Waals surface area contributed by atoms with Gasteiger partial charge < -0.3 is 0 Å². The molecule has 0 saturated carbocycles. The second kappa shape index (κ2) is 4.77. The van der Waals surface area contributed by atoms with Gasteiger partial charge in [-0.2, -0.15) is 0 Å². The van der Waals surface area contributed by atoms with E-state index in [1.54, 1.807) is 4.68 Å². The van der Waals surface area contributed by atoms with Crippen LogP contribution in [0.4, 0.5) is 8.78 Å². The number of unbranched alkanes of at least 4 members (excludes halogenated alkanes) is 1. The van der Waals surface area contributed by atoms with Crippen LogP contribution in [0.5, 0.6) is 0 Å². The van der Waals surface area contributed by atoms with E-state index < -0.39 is 5.92 Å². The summed E-state index contributed by atoms with van der Waals surface area (Å²) in [6.07, 6.45) is 1.12. The summed E-state index contributed by atoms with van der Waals surface area (Å²) in [6.45, 7) is 1.59. The van der Waals surface area contributed by atoms with E-state index in [-0.39, 0.29) is 6.42 Å². The van der Waals surface area contributed by atoms with E-state index in [0.717, 1.165) is 18.0 Å². The van der Waals surface area contributed by atoms with Gasteiger partial charge in [-0.1, -0.05) is 17.3 Å². The van der Waals surface area contributed by atoms with Crippen LogP contribution in [0.2, 0.25) is 0 Å². The highest BCUT2D eigenvalue weighted by Crippen LogP contribution is 2.20. The molecule has 5 heteroatoms. The number of alkyl halides is 2. The van der Waals surface area contributed by atoms with Crippen LogP contribution in [-0.2, 0) is 6.54 Å². The monoisotopic (exact) mass is 239 g/mol. The SMILES string of the molecule is CC(F)(F)CCCCn1nnc2ccccc21. The van der Waals surface area contributed by atoms with Crippen LogP contribution in [0, 0.1) is 0 Å². The number of hydrogen-bond donors (Lipinski definition) is 0. The fraction of sp³-hybridized carbons (Fsp3) is 0.500. The topological polar surface area (TPSA) is 30.7 Å². The Balaban J connectivity index is 1.91. The second-order valence-corrected chi connectivity index (χ2v) is 4.33. The molecule has 0 aliphatic carbocycles. The average Bonchev–Trinajstić information content (AvgIpc) is 2.67. The molecule has 0 aliphatic heterocycles. The lowest BCUT2D eigenvalue weighted by atomic mass is 10.1. The summed E-state index contributed by atoms with van der Waals surface area (Å²) in [4.78, 5) is 0. The molecule has 0 amide bonds. The molecular formula is C12H15F2N3. The summed E-state index contributed by atoms with van der Waals surface area (Å²) >= 11 is 0. The molecule has 1 aromatic carbocycles. The van der Waals surface area contributed by atoms with Gasteiger partial charge in [-0.05, 0) is 31.9 Å². The first-order chi connectivity index (χ1) is 8.06. The Labute approximate surface area is 98.4 Å². The van der Waals surface area contributed by atoms with Crippen molar-refractivity contribution in [2.45, 2.75) is 38.7 Å². The maximum atomic E-state index is 12.6. The van der Waals surface area contributed by atoms with Crippen LogP contribution in [0.15, 0.2) is 24.3 Å². The molecular weight excluding hydrogens is 224 g/mol. The first-order valence-electron chi connectivity index (χ1n) is 5.72. The number of aromatic nitrogens is 3. The summed E-state index contributed by atoms with van der Waals surface area (Å²) in [6, 6.07) is 7.64. The molecule has 1 heterocycles. The third kappa shape index (κ3) is 3.22. The smallest absolute Gasteiger partial charge is 0.245 e. The van der Waals surface area contributed by atoms with Crippen molar-refractivity contribution in [2.75, 3.05) is 0 Å². The average molecular weight is 239 g/mol. The van der Waals surface area contributed by atoms with Crippen LogP contribution >= 0.6 is 0 Å². The van der Waals surface area contributed by atoms with Gasteiger partial charge in [0.05, 0.1) is 5.52 Å². The van der Waals surface area contributed by atoms with Gasteiger partial charge in [0.25, 0.3) is 0 Å². The van der Waals surface area contributed by atoms with Gasteiger partial charge in [0.2, 0.25) is 5.92 Å². The third-order valence-corrected chi connectivity index (χ3v) is 2.66. The summed E-state index contributed by atoms with van der Waals surface area (Å²) in [5.41, 5.74) is 1.80. The molecule has 0 saturated heterocycles. The lowest BCUT2D eigenvalue weighted by Crippen LogP contribution is -2.09. The molecule has 0 bridgehead atoms. The molecule has 3 nitrogen and oxygen atoms in total. The first-order valence-corrected chi connectivity index (χ1v) is 5.72. The number of para-hydroxylation sites is 1. The summed E-state index contributed by atoms with van der Waals surface area (Å²) in [7, 11) is 0. The zero-order valence-corrected chi connectivity index (χ0v) is 9.74. The standard InChI is InChI=1S/C12H15F2N3/c1-12(13,14)8-4-5-9-17-11-7-3-2-6-10(11)15-16-17/h2-3,6-7H,4-5,8-9H2,1H3. The molecule has 0 aliphatic rings. The van der Waals surface area contributed by atoms with Crippen molar-refractivity contribution >= 4 is 11.0 Å². The fourth-order valence-corrected chi connectivity index (χ4v) is 1.78. The number of rotatable bonds is 5.